The normalized spacial score (nSPS) is 12.0. The van der Waals surface area contributed by atoms with Crippen LogP contribution in [0.15, 0.2) is 12.2 Å². The fourth-order valence-electron chi connectivity index (χ4n) is 11.3. The molecule has 0 radical (unpaired) electrons. The molecule has 79 heavy (non-hydrogen) atoms. The molecule has 0 rings (SSSR count). The number of esters is 3. The highest BCUT2D eigenvalue weighted by atomic mass is 16.6. The average Bonchev–Trinajstić information content (AvgIpc) is 3.45. The minimum absolute atomic E-state index is 0.0653. The summed E-state index contributed by atoms with van der Waals surface area (Å²) in [6.07, 6.45) is 83.1. The summed E-state index contributed by atoms with van der Waals surface area (Å²) in [7, 11) is 0. The molecule has 0 bridgehead atoms. The lowest BCUT2D eigenvalue weighted by atomic mass is 10.0. The van der Waals surface area contributed by atoms with Crippen molar-refractivity contribution in [2.75, 3.05) is 13.2 Å². The molecule has 0 fully saturated rings. The Morgan fingerprint density at radius 3 is 0.633 bits per heavy atom. The van der Waals surface area contributed by atoms with Crippen LogP contribution in [0.5, 0.6) is 0 Å². The maximum absolute atomic E-state index is 12.9. The van der Waals surface area contributed by atoms with Gasteiger partial charge in [0.15, 0.2) is 6.10 Å². The zero-order valence-electron chi connectivity index (χ0n) is 53.9. The third-order valence-corrected chi connectivity index (χ3v) is 16.8. The van der Waals surface area contributed by atoms with Gasteiger partial charge in [-0.05, 0) is 44.9 Å². The van der Waals surface area contributed by atoms with Gasteiger partial charge < -0.3 is 14.2 Å². The van der Waals surface area contributed by atoms with E-state index in [1.165, 1.54) is 321 Å². The van der Waals surface area contributed by atoms with Crippen LogP contribution in [0.25, 0.3) is 0 Å². The van der Waals surface area contributed by atoms with Gasteiger partial charge in [0.05, 0.1) is 0 Å². The summed E-state index contributed by atoms with van der Waals surface area (Å²) in [4.78, 5) is 38.1. The smallest absolute Gasteiger partial charge is 0.306 e. The lowest BCUT2D eigenvalue weighted by Crippen LogP contribution is -2.30. The van der Waals surface area contributed by atoms with Crippen molar-refractivity contribution in [2.24, 2.45) is 0 Å². The van der Waals surface area contributed by atoms with Crippen LogP contribution in [-0.4, -0.2) is 37.2 Å². The lowest BCUT2D eigenvalue weighted by molar-refractivity contribution is -0.167. The first-order valence-corrected chi connectivity index (χ1v) is 36.2. The number of carbonyl (C=O) groups is 3. The Bertz CT molecular complexity index is 1230. The molecule has 0 aromatic carbocycles. The highest BCUT2D eigenvalue weighted by Gasteiger charge is 2.19. The highest BCUT2D eigenvalue weighted by Crippen LogP contribution is 2.19. The number of ether oxygens (including phenoxy) is 3. The molecule has 0 aliphatic heterocycles. The summed E-state index contributed by atoms with van der Waals surface area (Å²) in [5.41, 5.74) is 0. The van der Waals surface area contributed by atoms with Crippen molar-refractivity contribution in [3.63, 3.8) is 0 Å². The molecule has 0 aromatic heterocycles. The van der Waals surface area contributed by atoms with Gasteiger partial charge in [-0.1, -0.05) is 367 Å². The number of hydrogen-bond donors (Lipinski definition) is 0. The van der Waals surface area contributed by atoms with E-state index in [-0.39, 0.29) is 31.1 Å². The summed E-state index contributed by atoms with van der Waals surface area (Å²) in [5.74, 6) is -0.848. The second kappa shape index (κ2) is 68.6. The third kappa shape index (κ3) is 66.8. The summed E-state index contributed by atoms with van der Waals surface area (Å²) in [6.45, 7) is 6.66. The highest BCUT2D eigenvalue weighted by molar-refractivity contribution is 5.71. The Hall–Kier alpha value is -1.85. The molecule has 0 spiro atoms. The van der Waals surface area contributed by atoms with Crippen LogP contribution in [-0.2, 0) is 28.6 Å². The Labute approximate surface area is 494 Å². The summed E-state index contributed by atoms with van der Waals surface area (Å²) in [6, 6.07) is 0. The molecule has 0 heterocycles. The predicted molar refractivity (Wildman–Crippen MR) is 344 cm³/mol. The molecule has 1 atom stereocenters. The van der Waals surface area contributed by atoms with Crippen molar-refractivity contribution < 1.29 is 28.6 Å². The third-order valence-electron chi connectivity index (χ3n) is 16.8. The molecular weight excluding hydrogens is 973 g/mol. The van der Waals surface area contributed by atoms with Crippen LogP contribution in [0.1, 0.15) is 419 Å². The number of allylic oxidation sites excluding steroid dienone is 2. The van der Waals surface area contributed by atoms with Crippen LogP contribution < -0.4 is 0 Å². The predicted octanol–water partition coefficient (Wildman–Crippen LogP) is 24.8. The molecule has 0 saturated heterocycles. The summed E-state index contributed by atoms with van der Waals surface area (Å²) in [5, 5.41) is 0. The first-order valence-electron chi connectivity index (χ1n) is 36.2. The van der Waals surface area contributed by atoms with E-state index >= 15 is 0 Å². The molecule has 6 nitrogen and oxygen atoms in total. The van der Waals surface area contributed by atoms with Crippen LogP contribution in [0.4, 0.5) is 0 Å². The molecule has 0 aromatic rings. The van der Waals surface area contributed by atoms with Crippen molar-refractivity contribution in [3.8, 4) is 0 Å². The topological polar surface area (TPSA) is 78.9 Å². The van der Waals surface area contributed by atoms with E-state index in [4.69, 9.17) is 14.2 Å². The van der Waals surface area contributed by atoms with Gasteiger partial charge in [0.2, 0.25) is 0 Å². The zero-order valence-corrected chi connectivity index (χ0v) is 53.9. The van der Waals surface area contributed by atoms with Crippen molar-refractivity contribution in [2.45, 2.75) is 425 Å². The minimum atomic E-state index is -0.765. The first-order chi connectivity index (χ1) is 39.0. The first kappa shape index (κ1) is 77.2. The Kier molecular flexibility index (Phi) is 67.0. The number of carbonyl (C=O) groups excluding carboxylic acids is 3. The quantitative estimate of drug-likeness (QED) is 0.0261. The van der Waals surface area contributed by atoms with Crippen molar-refractivity contribution in [1.29, 1.82) is 0 Å². The van der Waals surface area contributed by atoms with Crippen LogP contribution >= 0.6 is 0 Å². The molecule has 6 heteroatoms. The van der Waals surface area contributed by atoms with E-state index in [1.54, 1.807) is 0 Å². The molecule has 468 valence electrons. The molecule has 0 aliphatic rings. The van der Waals surface area contributed by atoms with Gasteiger partial charge in [-0.2, -0.15) is 0 Å². The van der Waals surface area contributed by atoms with Gasteiger partial charge in [-0.25, -0.2) is 0 Å². The van der Waals surface area contributed by atoms with Crippen LogP contribution in [0, 0.1) is 0 Å². The van der Waals surface area contributed by atoms with Gasteiger partial charge in [-0.3, -0.25) is 14.4 Å². The maximum atomic E-state index is 12.9. The number of unbranched alkanes of at least 4 members (excludes halogenated alkanes) is 55. The molecule has 0 aliphatic carbocycles. The molecule has 0 saturated carbocycles. The minimum Gasteiger partial charge on any atom is -0.462 e. The van der Waals surface area contributed by atoms with E-state index in [0.29, 0.717) is 19.3 Å². The Morgan fingerprint density at radius 1 is 0.241 bits per heavy atom. The second-order valence-corrected chi connectivity index (χ2v) is 24.9. The number of rotatable bonds is 68. The largest absolute Gasteiger partial charge is 0.462 e. The Morgan fingerprint density at radius 2 is 0.418 bits per heavy atom. The van der Waals surface area contributed by atoms with Crippen LogP contribution in [0.3, 0.4) is 0 Å². The zero-order chi connectivity index (χ0) is 57.1. The van der Waals surface area contributed by atoms with E-state index in [2.05, 4.69) is 32.9 Å². The fraction of sp³-hybridized carbons (Fsp3) is 0.932. The van der Waals surface area contributed by atoms with E-state index < -0.39 is 6.10 Å². The van der Waals surface area contributed by atoms with Crippen molar-refractivity contribution in [3.05, 3.63) is 12.2 Å². The van der Waals surface area contributed by atoms with E-state index in [1.807, 2.05) is 0 Å². The molecule has 0 N–H and O–H groups in total. The molecule has 1 unspecified atom stereocenters. The van der Waals surface area contributed by atoms with Gasteiger partial charge in [0.25, 0.3) is 0 Å². The van der Waals surface area contributed by atoms with Gasteiger partial charge in [0.1, 0.15) is 13.2 Å². The SMILES string of the molecule is CCCCCCCCCC/C=C\CCCCCCCCCCCC(=O)OC(COC(=O)CCCCCCCC)COC(=O)CCCCCCCCCCCCCCCCCCCCCCCCCCCCCCCCCCCC. The lowest BCUT2D eigenvalue weighted by Gasteiger charge is -2.18. The average molecular weight is 1110 g/mol. The fourth-order valence-corrected chi connectivity index (χ4v) is 11.3. The monoisotopic (exact) mass is 1110 g/mol. The van der Waals surface area contributed by atoms with Gasteiger partial charge in [0, 0.05) is 19.3 Å². The standard InChI is InChI=1S/C73H140O6/c1-4-7-10-13-16-18-20-22-24-26-28-30-31-32-33-34-35-36-37-38-39-40-41-42-44-45-47-49-51-53-55-57-60-63-66-72(75)78-69-70(68-77-71(74)65-62-59-15-12-9-6-3)79-73(76)67-64-61-58-56-54-52-50-48-46-43-29-27-25-23-21-19-17-14-11-8-5-2/h27,29,70H,4-26,28,30-69H2,1-3H3/b29-27-. The van der Waals surface area contributed by atoms with E-state index in [9.17, 15) is 14.4 Å². The Balaban J connectivity index is 3.89. The van der Waals surface area contributed by atoms with Gasteiger partial charge in [-0.15, -0.1) is 0 Å². The second-order valence-electron chi connectivity index (χ2n) is 24.9. The van der Waals surface area contributed by atoms with Crippen LogP contribution in [0.2, 0.25) is 0 Å². The van der Waals surface area contributed by atoms with Crippen molar-refractivity contribution >= 4 is 17.9 Å². The maximum Gasteiger partial charge on any atom is 0.306 e. The van der Waals surface area contributed by atoms with Crippen molar-refractivity contribution in [1.82, 2.24) is 0 Å². The van der Waals surface area contributed by atoms with E-state index in [0.717, 1.165) is 57.8 Å². The molecule has 0 amide bonds. The van der Waals surface area contributed by atoms with Gasteiger partial charge >= 0.3 is 17.9 Å². The summed E-state index contributed by atoms with van der Waals surface area (Å²) >= 11 is 0. The molecular formula is C73H140O6. The number of hydrogen-bond acceptors (Lipinski definition) is 6. The summed E-state index contributed by atoms with van der Waals surface area (Å²) < 4.78 is 16.9.